The lowest BCUT2D eigenvalue weighted by Crippen LogP contribution is -2.62. The first-order valence-corrected chi connectivity index (χ1v) is 25.8. The highest BCUT2D eigenvalue weighted by atomic mass is 16.4. The van der Waals surface area contributed by atoms with Crippen molar-refractivity contribution < 1.29 is 73.2 Å². The van der Waals surface area contributed by atoms with Crippen LogP contribution in [0.5, 0.6) is 5.75 Å². The molecule has 0 bridgehead atoms. The number of amides is 9. The SMILES string of the molecule is CC(C)C[C@H](NC(=O)CNC(=O)[C@H](Cc1ccc(O)cc1)NC(=O)[C@@H](NC(=O)[C@@H](NC(=O)[C@H](CO)NC(=O)[C@H](CC(=O)O)NC(=O)[C@H](C)NC(=O)[C@@H](N)CCCN=C(N)N)C(C)C)C(C)C)C(=O)N[C@@H](CCCN=C(N)N)C(=O)O. The average molecular weight is 1140 g/mol. The summed E-state index contributed by atoms with van der Waals surface area (Å²) < 4.78 is 0. The number of phenolic OH excluding ortho intramolecular Hbond substituents is 1. The van der Waals surface area contributed by atoms with Crippen molar-refractivity contribution >= 4 is 77.0 Å². The first kappa shape index (κ1) is 69.7. The summed E-state index contributed by atoms with van der Waals surface area (Å²) in [6.07, 6.45) is -0.502. The van der Waals surface area contributed by atoms with Gasteiger partial charge in [-0.1, -0.05) is 53.7 Å². The number of aliphatic hydroxyl groups excluding tert-OH is 1. The number of carboxylic acid groups (broad SMARTS) is 2. The van der Waals surface area contributed by atoms with Crippen molar-refractivity contribution in [3.05, 3.63) is 29.8 Å². The van der Waals surface area contributed by atoms with E-state index in [1.807, 2.05) is 0 Å². The van der Waals surface area contributed by atoms with E-state index in [-0.39, 0.29) is 68.8 Å². The molecule has 1 rings (SSSR count). The van der Waals surface area contributed by atoms with Crippen LogP contribution >= 0.6 is 0 Å². The molecule has 31 heteroatoms. The average Bonchev–Trinajstić information content (AvgIpc) is 3.36. The van der Waals surface area contributed by atoms with Gasteiger partial charge >= 0.3 is 11.9 Å². The van der Waals surface area contributed by atoms with Crippen LogP contribution in [0.3, 0.4) is 0 Å². The van der Waals surface area contributed by atoms with Crippen LogP contribution in [0.4, 0.5) is 0 Å². The van der Waals surface area contributed by atoms with Crippen molar-refractivity contribution in [2.24, 2.45) is 56.4 Å². The topological polar surface area (TPSA) is 532 Å². The third kappa shape index (κ3) is 26.8. The van der Waals surface area contributed by atoms with Crippen LogP contribution in [0.15, 0.2) is 34.3 Å². The van der Waals surface area contributed by atoms with Crippen molar-refractivity contribution in [1.82, 2.24) is 47.9 Å². The molecule has 0 aliphatic carbocycles. The number of hydrogen-bond donors (Lipinski definition) is 18. The monoisotopic (exact) mass is 1130 g/mol. The van der Waals surface area contributed by atoms with Gasteiger partial charge in [0.25, 0.3) is 0 Å². The number of nitrogens with one attached hydrogen (secondary N) is 9. The number of aromatic hydroxyl groups is 1. The van der Waals surface area contributed by atoms with E-state index in [9.17, 15) is 73.2 Å². The summed E-state index contributed by atoms with van der Waals surface area (Å²) in [5.74, 6) is -13.4. The van der Waals surface area contributed by atoms with Gasteiger partial charge in [0, 0.05) is 19.5 Å². The molecular weight excluding hydrogens is 1050 g/mol. The number of rotatable bonds is 36. The number of aliphatic imine (C=N–C) groups is 2. The first-order valence-electron chi connectivity index (χ1n) is 25.8. The summed E-state index contributed by atoms with van der Waals surface area (Å²) in [4.78, 5) is 152. The number of nitrogens with two attached hydrogens (primary N) is 5. The van der Waals surface area contributed by atoms with Crippen molar-refractivity contribution in [3.8, 4) is 5.75 Å². The predicted octanol–water partition coefficient (Wildman–Crippen LogP) is -5.71. The van der Waals surface area contributed by atoms with Gasteiger partial charge in [0.1, 0.15) is 54.1 Å². The van der Waals surface area contributed by atoms with E-state index in [1.54, 1.807) is 27.7 Å². The Balaban J connectivity index is 3.24. The normalized spacial score (nSPS) is 14.4. The lowest BCUT2D eigenvalue weighted by Gasteiger charge is -2.29. The molecule has 0 saturated carbocycles. The quantitative estimate of drug-likeness (QED) is 0.0169. The first-order chi connectivity index (χ1) is 37.4. The maximum absolute atomic E-state index is 14.1. The number of carboxylic acids is 2. The summed E-state index contributed by atoms with van der Waals surface area (Å²) in [5, 5.41) is 60.9. The fourth-order valence-electron chi connectivity index (χ4n) is 7.36. The summed E-state index contributed by atoms with van der Waals surface area (Å²) >= 11 is 0. The molecule has 0 radical (unpaired) electrons. The van der Waals surface area contributed by atoms with Crippen molar-refractivity contribution in [2.45, 2.75) is 148 Å². The maximum atomic E-state index is 14.1. The summed E-state index contributed by atoms with van der Waals surface area (Å²) in [6, 6.07) is -7.35. The fourth-order valence-corrected chi connectivity index (χ4v) is 7.36. The van der Waals surface area contributed by atoms with Crippen LogP contribution < -0.4 is 76.5 Å². The van der Waals surface area contributed by atoms with Gasteiger partial charge in [0.05, 0.1) is 25.6 Å². The van der Waals surface area contributed by atoms with Crippen molar-refractivity contribution in [1.29, 1.82) is 0 Å². The van der Waals surface area contributed by atoms with E-state index in [1.165, 1.54) is 45.0 Å². The molecule has 9 amide bonds. The van der Waals surface area contributed by atoms with Gasteiger partial charge in [-0.2, -0.15) is 0 Å². The number of carbonyl (C=O) groups is 11. The highest BCUT2D eigenvalue weighted by Crippen LogP contribution is 2.14. The second kappa shape index (κ2) is 35.2. The fraction of sp³-hybridized carbons (Fsp3) is 0.612. The molecule has 31 nitrogen and oxygen atoms in total. The number of guanidine groups is 2. The molecule has 0 aromatic heterocycles. The number of carbonyl (C=O) groups excluding carboxylic acids is 9. The molecule has 1 aromatic carbocycles. The maximum Gasteiger partial charge on any atom is 0.326 e. The Hall–Kier alpha value is -8.35. The van der Waals surface area contributed by atoms with Gasteiger partial charge in [-0.3, -0.25) is 57.9 Å². The van der Waals surface area contributed by atoms with Gasteiger partial charge in [0.2, 0.25) is 53.2 Å². The molecule has 9 atom stereocenters. The van der Waals surface area contributed by atoms with Crippen LogP contribution in [-0.2, 0) is 59.2 Å². The molecule has 0 heterocycles. The Morgan fingerprint density at radius 3 is 1.51 bits per heavy atom. The van der Waals surface area contributed by atoms with E-state index in [0.717, 1.165) is 0 Å². The minimum absolute atomic E-state index is 0.0351. The minimum Gasteiger partial charge on any atom is -0.508 e. The summed E-state index contributed by atoms with van der Waals surface area (Å²) in [5.41, 5.74) is 27.5. The Kier molecular flexibility index (Phi) is 30.7. The number of aliphatic carboxylic acids is 2. The van der Waals surface area contributed by atoms with Gasteiger partial charge in [0.15, 0.2) is 11.9 Å². The predicted molar refractivity (Wildman–Crippen MR) is 290 cm³/mol. The van der Waals surface area contributed by atoms with E-state index in [0.29, 0.717) is 12.0 Å². The minimum atomic E-state index is -1.85. The highest BCUT2D eigenvalue weighted by Gasteiger charge is 2.36. The zero-order valence-corrected chi connectivity index (χ0v) is 46.1. The number of phenols is 1. The number of hydrogen-bond acceptors (Lipinski definition) is 16. The third-order valence-electron chi connectivity index (χ3n) is 11.7. The van der Waals surface area contributed by atoms with Crippen molar-refractivity contribution in [3.63, 3.8) is 0 Å². The van der Waals surface area contributed by atoms with Gasteiger partial charge in [-0.05, 0) is 74.5 Å². The Morgan fingerprint density at radius 1 is 0.537 bits per heavy atom. The third-order valence-corrected chi connectivity index (χ3v) is 11.7. The Labute approximate surface area is 463 Å². The lowest BCUT2D eigenvalue weighted by atomic mass is 9.98. The number of nitrogens with zero attached hydrogens (tertiary/aromatic N) is 2. The molecular formula is C49H82N16O15. The molecule has 0 aliphatic heterocycles. The molecule has 0 unspecified atom stereocenters. The summed E-state index contributed by atoms with van der Waals surface area (Å²) in [6.45, 7) is 9.43. The van der Waals surface area contributed by atoms with Crippen LogP contribution in [0.2, 0.25) is 0 Å². The van der Waals surface area contributed by atoms with E-state index in [2.05, 4.69) is 57.8 Å². The summed E-state index contributed by atoms with van der Waals surface area (Å²) in [7, 11) is 0. The van der Waals surface area contributed by atoms with Crippen LogP contribution in [-0.4, -0.2) is 178 Å². The number of benzene rings is 1. The second-order valence-corrected chi connectivity index (χ2v) is 19.9. The molecule has 0 fully saturated rings. The van der Waals surface area contributed by atoms with Gasteiger partial charge < -0.3 is 96.9 Å². The molecule has 80 heavy (non-hydrogen) atoms. The van der Waals surface area contributed by atoms with Gasteiger partial charge in [-0.25, -0.2) is 4.79 Å². The highest BCUT2D eigenvalue weighted by molar-refractivity contribution is 5.99. The zero-order chi connectivity index (χ0) is 61.0. The molecule has 0 saturated heterocycles. The van der Waals surface area contributed by atoms with Gasteiger partial charge in [-0.15, -0.1) is 0 Å². The van der Waals surface area contributed by atoms with E-state index in [4.69, 9.17) is 28.7 Å². The van der Waals surface area contributed by atoms with Crippen molar-refractivity contribution in [2.75, 3.05) is 26.2 Å². The molecule has 23 N–H and O–H groups in total. The molecule has 1 aromatic rings. The standard InChI is InChI=1S/C49H82N16O15/c1-23(2)18-31(42(74)60-30(47(79)80)11-9-17-56-49(53)54)59-35(68)21-57-41(73)32(19-27-12-14-28(67)15-13-27)62-45(77)37(24(3)4)65-46(78)38(25(5)6)64-44(76)34(22-66)63-43(75)33(20-36(69)70)61-39(71)26(7)58-40(72)29(50)10-8-16-55-48(51)52/h12-15,23-26,29-34,37-38,66-67H,8-11,16-22,50H2,1-7H3,(H,57,73)(H,58,72)(H,59,68)(H,60,74)(H,61,71)(H,62,77)(H,63,75)(H,64,76)(H,65,78)(H,69,70)(H,79,80)(H4,51,52,55)(H4,53,54,56)/t26-,29-,30-,31-,32-,33-,34-,37-,38-/m0/s1. The molecule has 0 aliphatic rings. The lowest BCUT2D eigenvalue weighted by molar-refractivity contribution is -0.142. The molecule has 448 valence electrons. The van der Waals surface area contributed by atoms with Crippen LogP contribution in [0.1, 0.15) is 92.6 Å². The Morgan fingerprint density at radius 2 is 1.01 bits per heavy atom. The second-order valence-electron chi connectivity index (χ2n) is 19.9. The van der Waals surface area contributed by atoms with Crippen LogP contribution in [0, 0.1) is 17.8 Å². The number of aliphatic hydroxyl groups is 1. The van der Waals surface area contributed by atoms with E-state index >= 15 is 0 Å². The Bertz CT molecular complexity index is 2340. The van der Waals surface area contributed by atoms with E-state index < -0.39 is 151 Å². The van der Waals surface area contributed by atoms with Crippen LogP contribution in [0.25, 0.3) is 0 Å². The smallest absolute Gasteiger partial charge is 0.326 e. The molecule has 0 spiro atoms. The zero-order valence-electron chi connectivity index (χ0n) is 46.1. The largest absolute Gasteiger partial charge is 0.508 e.